The molecule has 4 heteroatoms. The van der Waals surface area contributed by atoms with Crippen LogP contribution >= 0.6 is 0 Å². The van der Waals surface area contributed by atoms with Gasteiger partial charge in [-0.05, 0) is 12.1 Å². The van der Waals surface area contributed by atoms with Crippen molar-refractivity contribution in [1.29, 1.82) is 0 Å². The number of hydrogen-bond acceptors (Lipinski definition) is 4. The van der Waals surface area contributed by atoms with E-state index in [9.17, 15) is 9.59 Å². The van der Waals surface area contributed by atoms with Crippen molar-refractivity contribution in [2.24, 2.45) is 5.92 Å². The van der Waals surface area contributed by atoms with Crippen molar-refractivity contribution >= 4 is 23.2 Å². The van der Waals surface area contributed by atoms with Gasteiger partial charge in [0.15, 0.2) is 17.3 Å². The van der Waals surface area contributed by atoms with E-state index in [2.05, 4.69) is 4.98 Å². The second-order valence-electron chi connectivity index (χ2n) is 4.75. The third-order valence-corrected chi connectivity index (χ3v) is 3.29. The largest absolute Gasteiger partial charge is 0.441 e. The molecule has 0 fully saturated rings. The summed E-state index contributed by atoms with van der Waals surface area (Å²) in [5.74, 6) is -0.592. The molecule has 0 aliphatic heterocycles. The van der Waals surface area contributed by atoms with E-state index in [1.165, 1.54) is 0 Å². The molecule has 0 amide bonds. The van der Waals surface area contributed by atoms with Crippen molar-refractivity contribution < 1.29 is 14.0 Å². The van der Waals surface area contributed by atoms with E-state index in [1.807, 2.05) is 24.3 Å². The number of para-hydroxylation sites is 2. The average Bonchev–Trinajstić information content (AvgIpc) is 2.95. The molecule has 21 heavy (non-hydrogen) atoms. The highest BCUT2D eigenvalue weighted by Gasteiger charge is 2.22. The summed E-state index contributed by atoms with van der Waals surface area (Å²) in [7, 11) is 0. The number of nitrogens with zero attached hydrogens (tertiary/aromatic N) is 1. The monoisotopic (exact) mass is 279 g/mol. The lowest BCUT2D eigenvalue weighted by Crippen LogP contribution is -2.19. The zero-order valence-electron chi connectivity index (χ0n) is 11.2. The summed E-state index contributed by atoms with van der Waals surface area (Å²) in [6.07, 6.45) is 0.829. The van der Waals surface area contributed by atoms with Gasteiger partial charge >= 0.3 is 0 Å². The van der Waals surface area contributed by atoms with Crippen molar-refractivity contribution in [2.75, 3.05) is 0 Å². The molecule has 0 saturated heterocycles. The third kappa shape index (κ3) is 2.74. The number of fused-ring (bicyclic) bond motifs is 1. The van der Waals surface area contributed by atoms with Gasteiger partial charge in [-0.2, -0.15) is 0 Å². The van der Waals surface area contributed by atoms with Gasteiger partial charge in [-0.15, -0.1) is 0 Å². The number of benzene rings is 2. The highest BCUT2D eigenvalue weighted by atomic mass is 16.3. The maximum absolute atomic E-state index is 12.3. The molecule has 0 radical (unpaired) electrons. The van der Waals surface area contributed by atoms with E-state index in [0.29, 0.717) is 23.3 Å². The molecule has 104 valence electrons. The molecule has 0 bridgehead atoms. The fourth-order valence-electron chi connectivity index (χ4n) is 2.21. The van der Waals surface area contributed by atoms with Gasteiger partial charge in [0, 0.05) is 12.0 Å². The van der Waals surface area contributed by atoms with Crippen molar-refractivity contribution in [3.05, 3.63) is 66.1 Å². The predicted molar refractivity (Wildman–Crippen MR) is 78.0 cm³/mol. The molecule has 1 aromatic heterocycles. The van der Waals surface area contributed by atoms with Gasteiger partial charge in [0.2, 0.25) is 0 Å². The van der Waals surface area contributed by atoms with E-state index in [4.69, 9.17) is 4.42 Å². The van der Waals surface area contributed by atoms with E-state index < -0.39 is 5.92 Å². The molecule has 0 N–H and O–H groups in total. The number of aromatic nitrogens is 1. The summed E-state index contributed by atoms with van der Waals surface area (Å²) in [6.45, 7) is 0. The molecule has 3 rings (SSSR count). The number of hydrogen-bond donors (Lipinski definition) is 0. The highest BCUT2D eigenvalue weighted by Crippen LogP contribution is 2.18. The molecular weight excluding hydrogens is 266 g/mol. The summed E-state index contributed by atoms with van der Waals surface area (Å²) < 4.78 is 5.56. The Labute approximate surface area is 121 Å². The molecule has 0 spiro atoms. The van der Waals surface area contributed by atoms with Crippen LogP contribution in [0.5, 0.6) is 0 Å². The lowest BCUT2D eigenvalue weighted by molar-refractivity contribution is -0.110. The minimum atomic E-state index is -0.777. The first-order chi connectivity index (χ1) is 10.3. The lowest BCUT2D eigenvalue weighted by atomic mass is 9.96. The summed E-state index contributed by atoms with van der Waals surface area (Å²) in [5, 5.41) is 0. The number of oxazole rings is 1. The molecule has 4 nitrogen and oxygen atoms in total. The molecular formula is C17H13NO3. The Morgan fingerprint density at radius 1 is 1.10 bits per heavy atom. The minimum Gasteiger partial charge on any atom is -0.441 e. The zero-order chi connectivity index (χ0) is 14.7. The van der Waals surface area contributed by atoms with Crippen molar-refractivity contribution in [1.82, 2.24) is 4.98 Å². The van der Waals surface area contributed by atoms with Gasteiger partial charge in [0.25, 0.3) is 0 Å². The van der Waals surface area contributed by atoms with Crippen LogP contribution < -0.4 is 0 Å². The molecule has 2 aromatic carbocycles. The van der Waals surface area contributed by atoms with Crippen LogP contribution in [-0.4, -0.2) is 17.1 Å². The first-order valence-electron chi connectivity index (χ1n) is 6.67. The van der Waals surface area contributed by atoms with Crippen molar-refractivity contribution in [3.8, 4) is 0 Å². The van der Waals surface area contributed by atoms with Gasteiger partial charge in [0.1, 0.15) is 11.8 Å². The van der Waals surface area contributed by atoms with Gasteiger partial charge in [-0.25, -0.2) is 4.98 Å². The molecule has 1 atom stereocenters. The Kier molecular flexibility index (Phi) is 3.60. The lowest BCUT2D eigenvalue weighted by Gasteiger charge is -2.06. The van der Waals surface area contributed by atoms with Crippen molar-refractivity contribution in [3.63, 3.8) is 0 Å². The van der Waals surface area contributed by atoms with Gasteiger partial charge < -0.3 is 9.21 Å². The topological polar surface area (TPSA) is 60.2 Å². The van der Waals surface area contributed by atoms with Crippen LogP contribution in [0.3, 0.4) is 0 Å². The fraction of sp³-hybridized carbons (Fsp3) is 0.118. The van der Waals surface area contributed by atoms with Gasteiger partial charge in [-0.1, -0.05) is 42.5 Å². The fourth-order valence-corrected chi connectivity index (χ4v) is 2.21. The predicted octanol–water partition coefficient (Wildman–Crippen LogP) is 3.07. The van der Waals surface area contributed by atoms with E-state index >= 15 is 0 Å². The Morgan fingerprint density at radius 3 is 2.52 bits per heavy atom. The number of rotatable bonds is 5. The summed E-state index contributed by atoms with van der Waals surface area (Å²) in [4.78, 5) is 27.8. The maximum Gasteiger partial charge on any atom is 0.196 e. The Bertz CT molecular complexity index is 744. The van der Waals surface area contributed by atoms with Crippen molar-refractivity contribution in [2.45, 2.75) is 6.42 Å². The summed E-state index contributed by atoms with van der Waals surface area (Å²) >= 11 is 0. The quantitative estimate of drug-likeness (QED) is 0.409. The van der Waals surface area contributed by atoms with Crippen LogP contribution in [0.1, 0.15) is 16.2 Å². The molecule has 3 aromatic rings. The second-order valence-corrected chi connectivity index (χ2v) is 4.75. The average molecular weight is 279 g/mol. The number of Topliss-reactive ketones (excluding diaryl/α,β-unsaturated/α-hetero) is 1. The third-order valence-electron chi connectivity index (χ3n) is 3.29. The number of aldehydes is 1. The molecule has 0 aliphatic carbocycles. The molecule has 1 unspecified atom stereocenters. The van der Waals surface area contributed by atoms with Gasteiger partial charge in [-0.3, -0.25) is 4.79 Å². The van der Waals surface area contributed by atoms with Crippen LogP contribution in [-0.2, 0) is 11.2 Å². The smallest absolute Gasteiger partial charge is 0.196 e. The number of ketones is 1. The highest BCUT2D eigenvalue weighted by molar-refractivity contribution is 6.05. The second kappa shape index (κ2) is 5.71. The normalized spacial score (nSPS) is 12.2. The van der Waals surface area contributed by atoms with Crippen LogP contribution in [0.25, 0.3) is 11.1 Å². The number of carbonyl (C=O) groups is 2. The first-order valence-corrected chi connectivity index (χ1v) is 6.67. The van der Waals surface area contributed by atoms with E-state index in [1.54, 1.807) is 30.3 Å². The van der Waals surface area contributed by atoms with Gasteiger partial charge in [0.05, 0.1) is 5.92 Å². The van der Waals surface area contributed by atoms with Crippen LogP contribution in [0.4, 0.5) is 0 Å². The minimum absolute atomic E-state index is 0.173. The SMILES string of the molecule is O=CC(Cc1nc2ccccc2o1)C(=O)c1ccccc1. The number of carbonyl (C=O) groups excluding carboxylic acids is 2. The molecule has 1 heterocycles. The van der Waals surface area contributed by atoms with E-state index in [-0.39, 0.29) is 12.2 Å². The van der Waals surface area contributed by atoms with Crippen LogP contribution in [0.2, 0.25) is 0 Å². The Morgan fingerprint density at radius 2 is 1.81 bits per heavy atom. The van der Waals surface area contributed by atoms with E-state index in [0.717, 1.165) is 5.52 Å². The first kappa shape index (κ1) is 13.2. The Balaban J connectivity index is 1.84. The van der Waals surface area contributed by atoms with Crippen LogP contribution in [0, 0.1) is 5.92 Å². The van der Waals surface area contributed by atoms with Crippen LogP contribution in [0.15, 0.2) is 59.0 Å². The maximum atomic E-state index is 12.3. The summed E-state index contributed by atoms with van der Waals surface area (Å²) in [6, 6.07) is 16.1. The Hall–Kier alpha value is -2.75. The molecule has 0 aliphatic rings. The summed E-state index contributed by atoms with van der Waals surface area (Å²) in [5.41, 5.74) is 1.90. The molecule has 0 saturated carbocycles. The standard InChI is InChI=1S/C17H13NO3/c19-11-13(17(20)12-6-2-1-3-7-12)10-16-18-14-8-4-5-9-15(14)21-16/h1-9,11,13H,10H2. The zero-order valence-corrected chi connectivity index (χ0v) is 11.2.